The second-order valence-corrected chi connectivity index (χ2v) is 5.78. The fraction of sp³-hybridized carbons (Fsp3) is 0.316. The fourth-order valence-corrected chi connectivity index (χ4v) is 3.20. The van der Waals surface area contributed by atoms with Gasteiger partial charge in [-0.2, -0.15) is 0 Å². The third kappa shape index (κ3) is 2.85. The van der Waals surface area contributed by atoms with E-state index in [1.54, 1.807) is 0 Å². The molecule has 0 aromatic heterocycles. The third-order valence-corrected chi connectivity index (χ3v) is 4.35. The number of rotatable bonds is 3. The molecule has 0 spiro atoms. The van der Waals surface area contributed by atoms with Gasteiger partial charge in [-0.05, 0) is 30.9 Å². The molecule has 1 amide bonds. The summed E-state index contributed by atoms with van der Waals surface area (Å²) < 4.78 is 0. The minimum Gasteiger partial charge on any atom is -0.339 e. The Bertz CT molecular complexity index is 554. The highest BCUT2D eigenvalue weighted by Gasteiger charge is 2.32. The predicted molar refractivity (Wildman–Crippen MR) is 85.1 cm³/mol. The van der Waals surface area contributed by atoms with Crippen molar-refractivity contribution in [1.82, 2.24) is 4.90 Å². The number of hydrogen-bond donors (Lipinski definition) is 0. The highest BCUT2D eigenvalue weighted by molar-refractivity contribution is 5.87. The highest BCUT2D eigenvalue weighted by Crippen LogP contribution is 2.30. The zero-order chi connectivity index (χ0) is 14.7. The predicted octanol–water partition coefficient (Wildman–Crippen LogP) is 3.83. The van der Waals surface area contributed by atoms with Gasteiger partial charge >= 0.3 is 0 Å². The highest BCUT2D eigenvalue weighted by atomic mass is 16.2. The van der Waals surface area contributed by atoms with Gasteiger partial charge in [0.2, 0.25) is 5.91 Å². The van der Waals surface area contributed by atoms with Crippen LogP contribution in [0.2, 0.25) is 0 Å². The SMILES string of the molecule is CC1CCCN1C(=O)C(c1ccccc1)c1ccccc1. The van der Waals surface area contributed by atoms with E-state index in [-0.39, 0.29) is 11.8 Å². The molecule has 2 aromatic rings. The van der Waals surface area contributed by atoms with Crippen molar-refractivity contribution in [1.29, 1.82) is 0 Å². The van der Waals surface area contributed by atoms with Crippen LogP contribution in [0.1, 0.15) is 36.8 Å². The Balaban J connectivity index is 1.99. The summed E-state index contributed by atoms with van der Waals surface area (Å²) in [5.41, 5.74) is 2.15. The molecule has 0 saturated carbocycles. The van der Waals surface area contributed by atoms with Gasteiger partial charge in [-0.3, -0.25) is 4.79 Å². The van der Waals surface area contributed by atoms with Crippen molar-refractivity contribution >= 4 is 5.91 Å². The van der Waals surface area contributed by atoms with Gasteiger partial charge in [0, 0.05) is 12.6 Å². The van der Waals surface area contributed by atoms with E-state index in [9.17, 15) is 4.79 Å². The van der Waals surface area contributed by atoms with Crippen LogP contribution in [0.3, 0.4) is 0 Å². The van der Waals surface area contributed by atoms with Crippen molar-refractivity contribution in [2.45, 2.75) is 31.7 Å². The zero-order valence-corrected chi connectivity index (χ0v) is 12.4. The standard InChI is InChI=1S/C19H21NO/c1-15-9-8-14-20(15)19(21)18(16-10-4-2-5-11-16)17-12-6-3-7-13-17/h2-7,10-13,15,18H,8-9,14H2,1H3. The van der Waals surface area contributed by atoms with Crippen LogP contribution in [0.5, 0.6) is 0 Å². The van der Waals surface area contributed by atoms with Crippen LogP contribution >= 0.6 is 0 Å². The molecule has 2 heteroatoms. The Kier molecular flexibility index (Phi) is 4.05. The average molecular weight is 279 g/mol. The molecule has 2 aromatic carbocycles. The maximum atomic E-state index is 13.1. The summed E-state index contributed by atoms with van der Waals surface area (Å²) in [5, 5.41) is 0. The number of likely N-dealkylation sites (tertiary alicyclic amines) is 1. The number of amides is 1. The van der Waals surface area contributed by atoms with Crippen molar-refractivity contribution in [3.05, 3.63) is 71.8 Å². The van der Waals surface area contributed by atoms with E-state index in [0.29, 0.717) is 6.04 Å². The van der Waals surface area contributed by atoms with E-state index in [0.717, 1.165) is 30.5 Å². The van der Waals surface area contributed by atoms with Crippen molar-refractivity contribution in [2.24, 2.45) is 0 Å². The maximum absolute atomic E-state index is 13.1. The smallest absolute Gasteiger partial charge is 0.234 e. The molecule has 21 heavy (non-hydrogen) atoms. The Morgan fingerprint density at radius 1 is 1.00 bits per heavy atom. The quantitative estimate of drug-likeness (QED) is 0.836. The monoisotopic (exact) mass is 279 g/mol. The van der Waals surface area contributed by atoms with Crippen molar-refractivity contribution < 1.29 is 4.79 Å². The molecular weight excluding hydrogens is 258 g/mol. The fourth-order valence-electron chi connectivity index (χ4n) is 3.20. The third-order valence-electron chi connectivity index (χ3n) is 4.35. The second kappa shape index (κ2) is 6.13. The minimum atomic E-state index is -0.187. The Morgan fingerprint density at radius 3 is 1.95 bits per heavy atom. The summed E-state index contributed by atoms with van der Waals surface area (Å²) in [4.78, 5) is 15.1. The van der Waals surface area contributed by atoms with Crippen LogP contribution in [0.25, 0.3) is 0 Å². The maximum Gasteiger partial charge on any atom is 0.234 e. The normalized spacial score (nSPS) is 18.2. The van der Waals surface area contributed by atoms with E-state index < -0.39 is 0 Å². The molecule has 1 unspecified atom stereocenters. The van der Waals surface area contributed by atoms with E-state index >= 15 is 0 Å². The first kappa shape index (κ1) is 13.9. The topological polar surface area (TPSA) is 20.3 Å². The lowest BCUT2D eigenvalue weighted by Crippen LogP contribution is -2.37. The summed E-state index contributed by atoms with van der Waals surface area (Å²) in [6.07, 6.45) is 2.23. The van der Waals surface area contributed by atoms with Gasteiger partial charge in [-0.25, -0.2) is 0 Å². The van der Waals surface area contributed by atoms with Gasteiger partial charge in [-0.1, -0.05) is 60.7 Å². The average Bonchev–Trinajstić information content (AvgIpc) is 2.96. The molecule has 0 bridgehead atoms. The van der Waals surface area contributed by atoms with Crippen LogP contribution in [0.4, 0.5) is 0 Å². The van der Waals surface area contributed by atoms with Crippen molar-refractivity contribution in [2.75, 3.05) is 6.54 Å². The molecule has 1 heterocycles. The van der Waals surface area contributed by atoms with Gasteiger partial charge < -0.3 is 4.90 Å². The molecule has 2 nitrogen and oxygen atoms in total. The minimum absolute atomic E-state index is 0.187. The van der Waals surface area contributed by atoms with E-state index in [2.05, 4.69) is 31.2 Å². The number of carbonyl (C=O) groups excluding carboxylic acids is 1. The molecule has 1 atom stereocenters. The first-order valence-electron chi connectivity index (χ1n) is 7.68. The summed E-state index contributed by atoms with van der Waals surface area (Å²) in [5.74, 6) is 0.0466. The Labute approximate surface area is 126 Å². The first-order valence-corrected chi connectivity index (χ1v) is 7.68. The van der Waals surface area contributed by atoms with Gasteiger partial charge in [0.25, 0.3) is 0 Å². The molecule has 1 aliphatic heterocycles. The van der Waals surface area contributed by atoms with Crippen LogP contribution in [0, 0.1) is 0 Å². The molecule has 1 saturated heterocycles. The van der Waals surface area contributed by atoms with Gasteiger partial charge in [0.15, 0.2) is 0 Å². The lowest BCUT2D eigenvalue weighted by Gasteiger charge is -2.27. The van der Waals surface area contributed by atoms with Crippen molar-refractivity contribution in [3.8, 4) is 0 Å². The molecule has 1 fully saturated rings. The lowest BCUT2D eigenvalue weighted by atomic mass is 9.90. The van der Waals surface area contributed by atoms with Gasteiger partial charge in [-0.15, -0.1) is 0 Å². The molecule has 0 radical (unpaired) electrons. The molecule has 3 rings (SSSR count). The Hall–Kier alpha value is -2.09. The summed E-state index contributed by atoms with van der Waals surface area (Å²) in [7, 11) is 0. The molecular formula is C19H21NO. The first-order chi connectivity index (χ1) is 10.3. The lowest BCUT2D eigenvalue weighted by molar-refractivity contribution is -0.132. The number of hydrogen-bond acceptors (Lipinski definition) is 1. The summed E-state index contributed by atoms with van der Waals surface area (Å²) in [6, 6.07) is 20.6. The Morgan fingerprint density at radius 2 is 1.52 bits per heavy atom. The van der Waals surface area contributed by atoms with E-state index in [1.807, 2.05) is 41.3 Å². The number of carbonyl (C=O) groups is 1. The van der Waals surface area contributed by atoms with Gasteiger partial charge in [0.1, 0.15) is 0 Å². The summed E-state index contributed by atoms with van der Waals surface area (Å²) in [6.45, 7) is 3.04. The molecule has 0 aliphatic carbocycles. The van der Waals surface area contributed by atoms with Crippen LogP contribution in [0.15, 0.2) is 60.7 Å². The van der Waals surface area contributed by atoms with Gasteiger partial charge in [0.05, 0.1) is 5.92 Å². The molecule has 108 valence electrons. The largest absolute Gasteiger partial charge is 0.339 e. The van der Waals surface area contributed by atoms with Crippen molar-refractivity contribution in [3.63, 3.8) is 0 Å². The number of nitrogens with zero attached hydrogens (tertiary/aromatic N) is 1. The van der Waals surface area contributed by atoms with Crippen LogP contribution in [-0.2, 0) is 4.79 Å². The second-order valence-electron chi connectivity index (χ2n) is 5.78. The zero-order valence-electron chi connectivity index (χ0n) is 12.4. The summed E-state index contributed by atoms with van der Waals surface area (Å²) >= 11 is 0. The van der Waals surface area contributed by atoms with Crippen LogP contribution < -0.4 is 0 Å². The molecule has 1 aliphatic rings. The number of benzene rings is 2. The van der Waals surface area contributed by atoms with Crippen LogP contribution in [-0.4, -0.2) is 23.4 Å². The van der Waals surface area contributed by atoms with E-state index in [1.165, 1.54) is 0 Å². The van der Waals surface area contributed by atoms with E-state index in [4.69, 9.17) is 0 Å². The molecule has 0 N–H and O–H groups in total.